The molecule has 2 aromatic rings. The Morgan fingerprint density at radius 3 is 2.47 bits per heavy atom. The summed E-state index contributed by atoms with van der Waals surface area (Å²) in [7, 11) is 0. The molecule has 0 saturated carbocycles. The third-order valence-corrected chi connectivity index (χ3v) is 3.38. The summed E-state index contributed by atoms with van der Waals surface area (Å²) in [4.78, 5) is 11.0. The maximum Gasteiger partial charge on any atom is 0.338 e. The van der Waals surface area contributed by atoms with Crippen LogP contribution in [0.25, 0.3) is 0 Å². The number of hydrogen-bond donors (Lipinski definition) is 2. The fourth-order valence-electron chi connectivity index (χ4n) is 1.71. The molecule has 2 N–H and O–H groups in total. The first-order valence-electron chi connectivity index (χ1n) is 5.22. The van der Waals surface area contributed by atoms with Crippen molar-refractivity contribution in [3.8, 4) is 0 Å². The van der Waals surface area contributed by atoms with Crippen LogP contribution in [0, 0.1) is 13.8 Å². The van der Waals surface area contributed by atoms with Crippen molar-refractivity contribution >= 4 is 28.7 Å². The van der Waals surface area contributed by atoms with Gasteiger partial charge in [0.2, 0.25) is 0 Å². The molecule has 0 radical (unpaired) electrons. The van der Waals surface area contributed by atoms with Gasteiger partial charge in [-0.25, -0.2) is 4.79 Å². The molecule has 3 nitrogen and oxygen atoms in total. The van der Waals surface area contributed by atoms with Crippen LogP contribution in [-0.4, -0.2) is 11.1 Å². The average Bonchev–Trinajstić information content (AvgIpc) is 2.72. The van der Waals surface area contributed by atoms with E-state index in [9.17, 15) is 4.79 Å². The number of para-hydroxylation sites is 1. The predicted molar refractivity (Wildman–Crippen MR) is 70.5 cm³/mol. The van der Waals surface area contributed by atoms with E-state index in [2.05, 4.69) is 5.32 Å². The topological polar surface area (TPSA) is 49.3 Å². The second kappa shape index (κ2) is 4.59. The van der Waals surface area contributed by atoms with Crippen molar-refractivity contribution in [3.05, 3.63) is 45.6 Å². The molecule has 88 valence electrons. The Balaban J connectivity index is 2.38. The summed E-state index contributed by atoms with van der Waals surface area (Å²) in [5.74, 6) is -0.903. The highest BCUT2D eigenvalue weighted by atomic mass is 32.1. The molecule has 0 atom stereocenters. The molecule has 0 spiro atoms. The van der Waals surface area contributed by atoms with Crippen LogP contribution in [0.15, 0.2) is 29.0 Å². The molecule has 0 saturated heterocycles. The Morgan fingerprint density at radius 2 is 1.88 bits per heavy atom. The SMILES string of the molecule is Cc1cccc(C)c1Nc1cscc1C(=O)O. The number of carboxylic acid groups (broad SMARTS) is 1. The first-order chi connectivity index (χ1) is 8.09. The van der Waals surface area contributed by atoms with Gasteiger partial charge in [0.05, 0.1) is 11.3 Å². The lowest BCUT2D eigenvalue weighted by molar-refractivity contribution is 0.0698. The number of anilines is 2. The van der Waals surface area contributed by atoms with Gasteiger partial charge in [-0.1, -0.05) is 18.2 Å². The van der Waals surface area contributed by atoms with Crippen LogP contribution in [0.4, 0.5) is 11.4 Å². The molecule has 0 bridgehead atoms. The molecule has 1 heterocycles. The van der Waals surface area contributed by atoms with Gasteiger partial charge < -0.3 is 10.4 Å². The molecule has 0 amide bonds. The quantitative estimate of drug-likeness (QED) is 0.867. The maximum absolute atomic E-state index is 11.0. The number of aromatic carboxylic acids is 1. The van der Waals surface area contributed by atoms with Crippen molar-refractivity contribution in [2.75, 3.05) is 5.32 Å². The number of thiophene rings is 1. The van der Waals surface area contributed by atoms with Crippen molar-refractivity contribution in [1.82, 2.24) is 0 Å². The highest BCUT2D eigenvalue weighted by Crippen LogP contribution is 2.28. The smallest absolute Gasteiger partial charge is 0.338 e. The fraction of sp³-hybridized carbons (Fsp3) is 0.154. The minimum absolute atomic E-state index is 0.317. The third kappa shape index (κ3) is 2.31. The van der Waals surface area contributed by atoms with Crippen LogP contribution >= 0.6 is 11.3 Å². The van der Waals surface area contributed by atoms with Crippen LogP contribution in [0.3, 0.4) is 0 Å². The summed E-state index contributed by atoms with van der Waals surface area (Å²) in [6.07, 6.45) is 0. The first-order valence-corrected chi connectivity index (χ1v) is 6.16. The van der Waals surface area contributed by atoms with E-state index in [1.165, 1.54) is 11.3 Å². The fourth-order valence-corrected chi connectivity index (χ4v) is 2.46. The highest BCUT2D eigenvalue weighted by Gasteiger charge is 2.12. The predicted octanol–water partition coefficient (Wildman–Crippen LogP) is 3.81. The summed E-state index contributed by atoms with van der Waals surface area (Å²) < 4.78 is 0. The summed E-state index contributed by atoms with van der Waals surface area (Å²) in [5, 5.41) is 15.7. The lowest BCUT2D eigenvalue weighted by Crippen LogP contribution is -2.01. The van der Waals surface area contributed by atoms with Crippen LogP contribution in [0.1, 0.15) is 21.5 Å². The largest absolute Gasteiger partial charge is 0.478 e. The second-order valence-corrected chi connectivity index (χ2v) is 4.64. The van der Waals surface area contributed by atoms with E-state index in [0.717, 1.165) is 16.8 Å². The van der Waals surface area contributed by atoms with Crippen LogP contribution in [0.5, 0.6) is 0 Å². The summed E-state index contributed by atoms with van der Waals surface area (Å²) >= 11 is 1.38. The van der Waals surface area contributed by atoms with Gasteiger partial charge in [-0.15, -0.1) is 11.3 Å². The van der Waals surface area contributed by atoms with Crippen LogP contribution < -0.4 is 5.32 Å². The van der Waals surface area contributed by atoms with E-state index in [0.29, 0.717) is 11.3 Å². The zero-order valence-electron chi connectivity index (χ0n) is 9.65. The number of aryl methyl sites for hydroxylation is 2. The van der Waals surface area contributed by atoms with Crippen LogP contribution in [-0.2, 0) is 0 Å². The number of hydrogen-bond acceptors (Lipinski definition) is 3. The number of carbonyl (C=O) groups is 1. The van der Waals surface area contributed by atoms with Gasteiger partial charge in [0.15, 0.2) is 0 Å². The standard InChI is InChI=1S/C13H13NO2S/c1-8-4-3-5-9(2)12(8)14-11-7-17-6-10(11)13(15)16/h3-7,14H,1-2H3,(H,15,16). The Labute approximate surface area is 104 Å². The number of benzene rings is 1. The molecule has 0 aliphatic carbocycles. The van der Waals surface area contributed by atoms with E-state index >= 15 is 0 Å². The van der Waals surface area contributed by atoms with E-state index < -0.39 is 5.97 Å². The van der Waals surface area contributed by atoms with Crippen molar-refractivity contribution in [3.63, 3.8) is 0 Å². The normalized spacial score (nSPS) is 10.2. The Hall–Kier alpha value is -1.81. The molecular formula is C13H13NO2S. The lowest BCUT2D eigenvalue weighted by atomic mass is 10.1. The Morgan fingerprint density at radius 1 is 1.24 bits per heavy atom. The van der Waals surface area contributed by atoms with Crippen molar-refractivity contribution < 1.29 is 9.90 Å². The molecular weight excluding hydrogens is 234 g/mol. The lowest BCUT2D eigenvalue weighted by Gasteiger charge is -2.12. The summed E-state index contributed by atoms with van der Waals surface area (Å²) in [5.41, 5.74) is 4.16. The number of nitrogens with one attached hydrogen (secondary N) is 1. The van der Waals surface area contributed by atoms with Crippen LogP contribution in [0.2, 0.25) is 0 Å². The minimum atomic E-state index is -0.903. The minimum Gasteiger partial charge on any atom is -0.478 e. The molecule has 17 heavy (non-hydrogen) atoms. The van der Waals surface area contributed by atoms with Gasteiger partial charge in [0, 0.05) is 16.4 Å². The molecule has 1 aromatic heterocycles. The number of carboxylic acids is 1. The van der Waals surface area contributed by atoms with Crippen molar-refractivity contribution in [2.24, 2.45) is 0 Å². The van der Waals surface area contributed by atoms with Gasteiger partial charge in [0.1, 0.15) is 0 Å². The molecule has 2 rings (SSSR count). The Kier molecular flexibility index (Phi) is 3.15. The van der Waals surface area contributed by atoms with Gasteiger partial charge in [0.25, 0.3) is 0 Å². The zero-order valence-corrected chi connectivity index (χ0v) is 10.5. The Bertz CT molecular complexity index is 540. The molecule has 0 unspecified atom stereocenters. The van der Waals surface area contributed by atoms with Gasteiger partial charge >= 0.3 is 5.97 Å². The molecule has 4 heteroatoms. The van der Waals surface area contributed by atoms with E-state index in [1.54, 1.807) is 5.38 Å². The van der Waals surface area contributed by atoms with Crippen molar-refractivity contribution in [1.29, 1.82) is 0 Å². The number of rotatable bonds is 3. The first kappa shape index (κ1) is 11.7. The molecule has 0 fully saturated rings. The highest BCUT2D eigenvalue weighted by molar-refractivity contribution is 7.08. The average molecular weight is 247 g/mol. The van der Waals surface area contributed by atoms with E-state index in [4.69, 9.17) is 5.11 Å². The van der Waals surface area contributed by atoms with E-state index in [-0.39, 0.29) is 0 Å². The summed E-state index contributed by atoms with van der Waals surface area (Å²) in [6.45, 7) is 4.00. The zero-order chi connectivity index (χ0) is 12.4. The van der Waals surface area contributed by atoms with Gasteiger partial charge in [-0.3, -0.25) is 0 Å². The molecule has 0 aliphatic heterocycles. The molecule has 0 aliphatic rings. The monoisotopic (exact) mass is 247 g/mol. The second-order valence-electron chi connectivity index (χ2n) is 3.90. The summed E-state index contributed by atoms with van der Waals surface area (Å²) in [6, 6.07) is 5.99. The van der Waals surface area contributed by atoms with Gasteiger partial charge in [-0.05, 0) is 25.0 Å². The van der Waals surface area contributed by atoms with Crippen molar-refractivity contribution in [2.45, 2.75) is 13.8 Å². The molecule has 1 aromatic carbocycles. The maximum atomic E-state index is 11.0. The third-order valence-electron chi connectivity index (χ3n) is 2.63. The van der Waals surface area contributed by atoms with E-state index in [1.807, 2.05) is 37.4 Å². The van der Waals surface area contributed by atoms with Gasteiger partial charge in [-0.2, -0.15) is 0 Å².